The number of aryl methyl sites for hydroxylation is 1. The minimum absolute atomic E-state index is 0.238. The van der Waals surface area contributed by atoms with Crippen molar-refractivity contribution < 1.29 is 4.84 Å². The summed E-state index contributed by atoms with van der Waals surface area (Å²) in [7, 11) is 1.52. The maximum absolute atomic E-state index is 8.91. The van der Waals surface area contributed by atoms with Gasteiger partial charge in [0.05, 0.1) is 17.7 Å². The van der Waals surface area contributed by atoms with E-state index in [4.69, 9.17) is 10.1 Å². The molecule has 1 atom stereocenters. The van der Waals surface area contributed by atoms with Crippen LogP contribution in [0.2, 0.25) is 0 Å². The average Bonchev–Trinajstić information content (AvgIpc) is 2.96. The van der Waals surface area contributed by atoms with Gasteiger partial charge >= 0.3 is 0 Å². The van der Waals surface area contributed by atoms with Crippen LogP contribution in [-0.4, -0.2) is 22.9 Å². The number of hydrogen-bond acceptors (Lipinski definition) is 4. The monoisotopic (exact) mass is 280 g/mol. The molecule has 5 nitrogen and oxygen atoms in total. The highest BCUT2D eigenvalue weighted by Gasteiger charge is 2.24. The number of oxime groups is 1. The van der Waals surface area contributed by atoms with Gasteiger partial charge in [0.15, 0.2) is 5.82 Å². The van der Waals surface area contributed by atoms with Crippen LogP contribution in [0.4, 0.5) is 0 Å². The number of fused-ring (bicyclic) bond motifs is 1. The van der Waals surface area contributed by atoms with E-state index in [1.807, 2.05) is 30.5 Å². The fourth-order valence-corrected chi connectivity index (χ4v) is 2.85. The molecule has 1 aliphatic rings. The summed E-state index contributed by atoms with van der Waals surface area (Å²) in [6.07, 6.45) is 6.78. The first-order valence-corrected chi connectivity index (χ1v) is 6.96. The second-order valence-corrected chi connectivity index (χ2v) is 5.04. The number of rotatable bonds is 3. The molecule has 2 heterocycles. The van der Waals surface area contributed by atoms with E-state index in [2.05, 4.69) is 20.8 Å². The molecule has 2 aromatic rings. The molecule has 0 N–H and O–H groups in total. The summed E-state index contributed by atoms with van der Waals surface area (Å²) in [5.74, 6) is 0.806. The van der Waals surface area contributed by atoms with Crippen molar-refractivity contribution in [3.05, 3.63) is 53.1 Å². The quantitative estimate of drug-likeness (QED) is 0.641. The highest BCUT2D eigenvalue weighted by Crippen LogP contribution is 2.31. The molecule has 0 fully saturated rings. The minimum Gasteiger partial charge on any atom is -0.399 e. The van der Waals surface area contributed by atoms with Gasteiger partial charge in [-0.2, -0.15) is 5.26 Å². The number of hydrogen-bond donors (Lipinski definition) is 0. The number of nitrogens with zero attached hydrogens (tertiary/aromatic N) is 4. The molecule has 106 valence electrons. The summed E-state index contributed by atoms with van der Waals surface area (Å²) in [5.41, 5.74) is 3.09. The molecule has 1 unspecified atom stereocenters. The molecular weight excluding hydrogens is 264 g/mol. The van der Waals surface area contributed by atoms with Crippen LogP contribution in [0, 0.1) is 11.3 Å². The Labute approximate surface area is 123 Å². The van der Waals surface area contributed by atoms with E-state index < -0.39 is 0 Å². The van der Waals surface area contributed by atoms with E-state index in [-0.39, 0.29) is 6.04 Å². The molecule has 0 bridgehead atoms. The zero-order chi connectivity index (χ0) is 14.7. The van der Waals surface area contributed by atoms with Gasteiger partial charge in [-0.05, 0) is 37.0 Å². The fourth-order valence-electron chi connectivity index (χ4n) is 2.85. The molecule has 1 aromatic heterocycles. The fraction of sp³-hybridized carbons (Fsp3) is 0.312. The van der Waals surface area contributed by atoms with Gasteiger partial charge in [-0.1, -0.05) is 17.3 Å². The first-order chi connectivity index (χ1) is 10.3. The van der Waals surface area contributed by atoms with E-state index in [9.17, 15) is 0 Å². The summed E-state index contributed by atoms with van der Waals surface area (Å²) in [6.45, 7) is 0. The van der Waals surface area contributed by atoms with Gasteiger partial charge in [0.1, 0.15) is 13.3 Å². The molecule has 0 aliphatic carbocycles. The molecule has 0 saturated heterocycles. The lowest BCUT2D eigenvalue weighted by atomic mass is 9.95. The predicted octanol–water partition coefficient (Wildman–Crippen LogP) is 2.66. The highest BCUT2D eigenvalue weighted by atomic mass is 16.6. The predicted molar refractivity (Wildman–Crippen MR) is 79.1 cm³/mol. The highest BCUT2D eigenvalue weighted by molar-refractivity contribution is 5.74. The molecule has 0 radical (unpaired) electrons. The molecule has 3 rings (SSSR count). The maximum atomic E-state index is 8.91. The van der Waals surface area contributed by atoms with Crippen molar-refractivity contribution in [2.45, 2.75) is 25.3 Å². The Balaban J connectivity index is 2.00. The van der Waals surface area contributed by atoms with Gasteiger partial charge in [-0.15, -0.1) is 0 Å². The zero-order valence-corrected chi connectivity index (χ0v) is 11.9. The van der Waals surface area contributed by atoms with Crippen molar-refractivity contribution in [3.63, 3.8) is 0 Å². The largest absolute Gasteiger partial charge is 0.399 e. The van der Waals surface area contributed by atoms with Crippen LogP contribution in [0.5, 0.6) is 0 Å². The summed E-state index contributed by atoms with van der Waals surface area (Å²) in [5, 5.41) is 12.7. The molecule has 5 heteroatoms. The van der Waals surface area contributed by atoms with Gasteiger partial charge in [-0.25, -0.2) is 4.98 Å². The molecular formula is C16H16N4O. The summed E-state index contributed by atoms with van der Waals surface area (Å²) < 4.78 is 2.22. The topological polar surface area (TPSA) is 63.2 Å². The van der Waals surface area contributed by atoms with Crippen LogP contribution in [0.15, 0.2) is 35.6 Å². The number of imidazole rings is 1. The average molecular weight is 280 g/mol. The van der Waals surface area contributed by atoms with Crippen molar-refractivity contribution in [3.8, 4) is 6.07 Å². The molecule has 1 aliphatic heterocycles. The normalized spacial score (nSPS) is 17.4. The van der Waals surface area contributed by atoms with Gasteiger partial charge in [0.25, 0.3) is 0 Å². The van der Waals surface area contributed by atoms with Gasteiger partial charge in [0.2, 0.25) is 0 Å². The number of nitriles is 1. The molecule has 0 saturated carbocycles. The van der Waals surface area contributed by atoms with Gasteiger partial charge in [-0.3, -0.25) is 0 Å². The molecule has 0 amide bonds. The Bertz CT molecular complexity index is 694. The van der Waals surface area contributed by atoms with Crippen molar-refractivity contribution in [2.75, 3.05) is 7.11 Å². The van der Waals surface area contributed by atoms with Crippen LogP contribution in [0.25, 0.3) is 0 Å². The first kappa shape index (κ1) is 13.4. The van der Waals surface area contributed by atoms with E-state index in [1.54, 1.807) is 6.21 Å². The Hall–Kier alpha value is -2.61. The second kappa shape index (κ2) is 5.80. The number of aromatic nitrogens is 2. The number of benzene rings is 1. The lowest BCUT2D eigenvalue weighted by molar-refractivity contribution is 0.215. The summed E-state index contributed by atoms with van der Waals surface area (Å²) in [6, 6.07) is 10.2. The lowest BCUT2D eigenvalue weighted by Gasteiger charge is -2.27. The second-order valence-electron chi connectivity index (χ2n) is 5.04. The van der Waals surface area contributed by atoms with E-state index in [0.717, 1.165) is 25.1 Å². The minimum atomic E-state index is 0.238. The van der Waals surface area contributed by atoms with E-state index in [1.165, 1.54) is 18.4 Å². The van der Waals surface area contributed by atoms with Crippen molar-refractivity contribution in [2.24, 2.45) is 5.16 Å². The smallest absolute Gasteiger partial charge is 0.155 e. The Morgan fingerprint density at radius 2 is 2.24 bits per heavy atom. The standard InChI is InChI=1S/C16H16N4O/c1-21-19-11-16-18-10-14-3-2-4-15(20(14)16)13-7-5-12(9-17)6-8-13/h5-8,10-11,15H,2-4H2,1H3/b19-11-. The molecule has 1 aromatic carbocycles. The van der Waals surface area contributed by atoms with Crippen LogP contribution < -0.4 is 0 Å². The van der Waals surface area contributed by atoms with Crippen molar-refractivity contribution >= 4 is 6.21 Å². The van der Waals surface area contributed by atoms with Crippen molar-refractivity contribution in [1.82, 2.24) is 9.55 Å². The van der Waals surface area contributed by atoms with Crippen LogP contribution in [-0.2, 0) is 11.3 Å². The lowest BCUT2D eigenvalue weighted by Crippen LogP contribution is -2.20. The maximum Gasteiger partial charge on any atom is 0.155 e. The third-order valence-corrected chi connectivity index (χ3v) is 3.82. The van der Waals surface area contributed by atoms with Crippen molar-refractivity contribution in [1.29, 1.82) is 5.26 Å². The summed E-state index contributed by atoms with van der Waals surface area (Å²) >= 11 is 0. The molecule has 0 spiro atoms. The zero-order valence-electron chi connectivity index (χ0n) is 11.9. The van der Waals surface area contributed by atoms with E-state index in [0.29, 0.717) is 5.56 Å². The molecule has 21 heavy (non-hydrogen) atoms. The third-order valence-electron chi connectivity index (χ3n) is 3.82. The Morgan fingerprint density at radius 3 is 2.95 bits per heavy atom. The van der Waals surface area contributed by atoms with Gasteiger partial charge in [0, 0.05) is 11.9 Å². The van der Waals surface area contributed by atoms with Gasteiger partial charge < -0.3 is 9.40 Å². The summed E-state index contributed by atoms with van der Waals surface area (Å²) in [4.78, 5) is 9.18. The first-order valence-electron chi connectivity index (χ1n) is 6.96. The Morgan fingerprint density at radius 1 is 1.43 bits per heavy atom. The third kappa shape index (κ3) is 2.52. The van der Waals surface area contributed by atoms with Crippen LogP contribution in [0.3, 0.4) is 0 Å². The van der Waals surface area contributed by atoms with E-state index >= 15 is 0 Å². The Kier molecular flexibility index (Phi) is 3.69. The van der Waals surface area contributed by atoms with Crippen LogP contribution >= 0.6 is 0 Å². The SMILES string of the molecule is CO/N=C\c1ncc2n1C(c1ccc(C#N)cc1)CCC2. The van der Waals surface area contributed by atoms with Crippen LogP contribution in [0.1, 0.15) is 41.5 Å².